The highest BCUT2D eigenvalue weighted by molar-refractivity contribution is 7.09. The van der Waals surface area contributed by atoms with Crippen molar-refractivity contribution in [2.45, 2.75) is 46.6 Å². The van der Waals surface area contributed by atoms with Gasteiger partial charge in [0.1, 0.15) is 0 Å². The van der Waals surface area contributed by atoms with Gasteiger partial charge in [-0.25, -0.2) is 9.98 Å². The van der Waals surface area contributed by atoms with E-state index in [1.807, 2.05) is 0 Å². The Kier molecular flexibility index (Phi) is 7.25. The standard InChI is InChI=1S/C19H28N4S/c1-5-18-23-17(13-24-18)12-22-19(20-6-2)21-11-15(4)16-9-7-8-14(3)10-16/h7-10,13,15H,5-6,11-12H2,1-4H3,(H2,20,21,22). The summed E-state index contributed by atoms with van der Waals surface area (Å²) < 4.78 is 0. The molecule has 0 saturated heterocycles. The minimum absolute atomic E-state index is 0.430. The van der Waals surface area contributed by atoms with Gasteiger partial charge in [-0.3, -0.25) is 0 Å². The molecule has 1 aromatic heterocycles. The second-order valence-corrected chi connectivity index (χ2v) is 6.92. The molecule has 2 rings (SSSR count). The molecule has 5 heteroatoms. The third-order valence-corrected chi connectivity index (χ3v) is 4.87. The van der Waals surface area contributed by atoms with Crippen LogP contribution < -0.4 is 10.6 Å². The van der Waals surface area contributed by atoms with Crippen LogP contribution in [0.4, 0.5) is 0 Å². The van der Waals surface area contributed by atoms with Crippen molar-refractivity contribution in [3.63, 3.8) is 0 Å². The van der Waals surface area contributed by atoms with Crippen LogP contribution in [0.5, 0.6) is 0 Å². The molecule has 2 aromatic rings. The number of hydrogen-bond acceptors (Lipinski definition) is 3. The molecule has 1 heterocycles. The summed E-state index contributed by atoms with van der Waals surface area (Å²) in [5.41, 5.74) is 3.70. The summed E-state index contributed by atoms with van der Waals surface area (Å²) in [7, 11) is 0. The van der Waals surface area contributed by atoms with E-state index in [4.69, 9.17) is 0 Å². The first kappa shape index (κ1) is 18.5. The number of aromatic nitrogens is 1. The molecule has 0 aliphatic rings. The number of aliphatic imine (C=N–C) groups is 1. The number of nitrogens with zero attached hydrogens (tertiary/aromatic N) is 2. The zero-order valence-corrected chi connectivity index (χ0v) is 15.9. The molecule has 24 heavy (non-hydrogen) atoms. The first-order valence-corrected chi connectivity index (χ1v) is 9.52. The topological polar surface area (TPSA) is 49.3 Å². The minimum Gasteiger partial charge on any atom is -0.357 e. The third kappa shape index (κ3) is 5.64. The highest BCUT2D eigenvalue weighted by atomic mass is 32.1. The molecule has 0 saturated carbocycles. The molecule has 0 amide bonds. The van der Waals surface area contributed by atoms with E-state index in [0.717, 1.165) is 31.2 Å². The Balaban J connectivity index is 1.93. The van der Waals surface area contributed by atoms with Gasteiger partial charge in [0.05, 0.1) is 17.2 Å². The average molecular weight is 345 g/mol. The van der Waals surface area contributed by atoms with Gasteiger partial charge in [-0.15, -0.1) is 11.3 Å². The van der Waals surface area contributed by atoms with Crippen LogP contribution >= 0.6 is 11.3 Å². The van der Waals surface area contributed by atoms with E-state index in [-0.39, 0.29) is 0 Å². The van der Waals surface area contributed by atoms with Gasteiger partial charge in [-0.05, 0) is 31.7 Å². The van der Waals surface area contributed by atoms with Gasteiger partial charge < -0.3 is 10.6 Å². The van der Waals surface area contributed by atoms with Crippen molar-refractivity contribution in [2.75, 3.05) is 13.1 Å². The molecule has 0 fully saturated rings. The normalized spacial score (nSPS) is 12.9. The lowest BCUT2D eigenvalue weighted by atomic mass is 9.99. The number of benzene rings is 1. The molecule has 0 aliphatic heterocycles. The van der Waals surface area contributed by atoms with Crippen LogP contribution in [0, 0.1) is 6.92 Å². The number of guanidine groups is 1. The molecular formula is C19H28N4S. The van der Waals surface area contributed by atoms with Crippen molar-refractivity contribution >= 4 is 17.3 Å². The van der Waals surface area contributed by atoms with Crippen molar-refractivity contribution in [3.8, 4) is 0 Å². The van der Waals surface area contributed by atoms with Crippen molar-refractivity contribution in [1.82, 2.24) is 15.6 Å². The lowest BCUT2D eigenvalue weighted by Crippen LogP contribution is -2.39. The van der Waals surface area contributed by atoms with Crippen LogP contribution in [0.1, 0.15) is 48.5 Å². The Labute approximate surface area is 149 Å². The lowest BCUT2D eigenvalue weighted by Gasteiger charge is -2.16. The second kappa shape index (κ2) is 9.42. The minimum atomic E-state index is 0.430. The Morgan fingerprint density at radius 1 is 1.29 bits per heavy atom. The van der Waals surface area contributed by atoms with E-state index in [9.17, 15) is 0 Å². The first-order valence-electron chi connectivity index (χ1n) is 8.64. The fourth-order valence-electron chi connectivity index (χ4n) is 2.43. The van der Waals surface area contributed by atoms with E-state index in [1.165, 1.54) is 16.1 Å². The van der Waals surface area contributed by atoms with Crippen LogP contribution in [0.2, 0.25) is 0 Å². The highest BCUT2D eigenvalue weighted by Crippen LogP contribution is 2.15. The average Bonchev–Trinajstić information content (AvgIpc) is 3.05. The summed E-state index contributed by atoms with van der Waals surface area (Å²) >= 11 is 1.71. The van der Waals surface area contributed by atoms with Gasteiger partial charge in [-0.2, -0.15) is 0 Å². The third-order valence-electron chi connectivity index (χ3n) is 3.83. The van der Waals surface area contributed by atoms with Gasteiger partial charge in [0.25, 0.3) is 0 Å². The molecule has 0 aliphatic carbocycles. The van der Waals surface area contributed by atoms with Gasteiger partial charge in [0, 0.05) is 18.5 Å². The van der Waals surface area contributed by atoms with E-state index >= 15 is 0 Å². The Morgan fingerprint density at radius 3 is 2.79 bits per heavy atom. The number of hydrogen-bond donors (Lipinski definition) is 2. The van der Waals surface area contributed by atoms with Crippen molar-refractivity contribution in [2.24, 2.45) is 4.99 Å². The summed E-state index contributed by atoms with van der Waals surface area (Å²) in [6, 6.07) is 8.69. The number of thiazole rings is 1. The molecule has 1 unspecified atom stereocenters. The summed E-state index contributed by atoms with van der Waals surface area (Å²) in [6.07, 6.45) is 0.987. The Bertz CT molecular complexity index is 663. The summed E-state index contributed by atoms with van der Waals surface area (Å²) in [6.45, 7) is 10.9. The summed E-state index contributed by atoms with van der Waals surface area (Å²) in [4.78, 5) is 9.22. The summed E-state index contributed by atoms with van der Waals surface area (Å²) in [5.74, 6) is 1.28. The quantitative estimate of drug-likeness (QED) is 0.592. The maximum absolute atomic E-state index is 4.65. The first-order chi connectivity index (χ1) is 11.6. The van der Waals surface area contributed by atoms with Gasteiger partial charge >= 0.3 is 0 Å². The number of aryl methyl sites for hydroxylation is 2. The highest BCUT2D eigenvalue weighted by Gasteiger charge is 2.07. The molecule has 0 radical (unpaired) electrons. The fraction of sp³-hybridized carbons (Fsp3) is 0.474. The molecule has 1 atom stereocenters. The van der Waals surface area contributed by atoms with Crippen LogP contribution in [-0.4, -0.2) is 24.0 Å². The molecular weight excluding hydrogens is 316 g/mol. The van der Waals surface area contributed by atoms with Crippen molar-refractivity contribution < 1.29 is 0 Å². The van der Waals surface area contributed by atoms with Crippen LogP contribution in [0.25, 0.3) is 0 Å². The predicted molar refractivity (Wildman–Crippen MR) is 104 cm³/mol. The predicted octanol–water partition coefficient (Wildman–Crippen LogP) is 3.87. The van der Waals surface area contributed by atoms with Gasteiger partial charge in [0.2, 0.25) is 0 Å². The van der Waals surface area contributed by atoms with Crippen LogP contribution in [-0.2, 0) is 13.0 Å². The monoisotopic (exact) mass is 344 g/mol. The second-order valence-electron chi connectivity index (χ2n) is 5.98. The lowest BCUT2D eigenvalue weighted by molar-refractivity contribution is 0.698. The van der Waals surface area contributed by atoms with Crippen molar-refractivity contribution in [3.05, 3.63) is 51.5 Å². The molecule has 130 valence electrons. The zero-order chi connectivity index (χ0) is 17.4. The van der Waals surface area contributed by atoms with Crippen LogP contribution in [0.15, 0.2) is 34.6 Å². The molecule has 1 aromatic carbocycles. The van der Waals surface area contributed by atoms with E-state index in [0.29, 0.717) is 12.5 Å². The zero-order valence-electron chi connectivity index (χ0n) is 15.1. The Morgan fingerprint density at radius 2 is 2.12 bits per heavy atom. The molecule has 4 nitrogen and oxygen atoms in total. The molecule has 2 N–H and O–H groups in total. The largest absolute Gasteiger partial charge is 0.357 e. The SMILES string of the molecule is CCNC(=NCc1csc(CC)n1)NCC(C)c1cccc(C)c1. The van der Waals surface area contributed by atoms with E-state index in [2.05, 4.69) is 78.0 Å². The molecule has 0 bridgehead atoms. The van der Waals surface area contributed by atoms with Crippen molar-refractivity contribution in [1.29, 1.82) is 0 Å². The fourth-order valence-corrected chi connectivity index (χ4v) is 3.17. The maximum Gasteiger partial charge on any atom is 0.191 e. The number of nitrogens with one attached hydrogen (secondary N) is 2. The maximum atomic E-state index is 4.65. The summed E-state index contributed by atoms with van der Waals surface area (Å²) in [5, 5.41) is 10.0. The van der Waals surface area contributed by atoms with E-state index in [1.54, 1.807) is 11.3 Å². The molecule has 0 spiro atoms. The Hall–Kier alpha value is -1.88. The van der Waals surface area contributed by atoms with Gasteiger partial charge in [-0.1, -0.05) is 43.7 Å². The number of rotatable bonds is 7. The van der Waals surface area contributed by atoms with Crippen LogP contribution in [0.3, 0.4) is 0 Å². The smallest absolute Gasteiger partial charge is 0.191 e. The van der Waals surface area contributed by atoms with Gasteiger partial charge in [0.15, 0.2) is 5.96 Å². The van der Waals surface area contributed by atoms with E-state index < -0.39 is 0 Å².